The fourth-order valence-corrected chi connectivity index (χ4v) is 4.66. The van der Waals surface area contributed by atoms with Gasteiger partial charge in [-0.25, -0.2) is 4.98 Å². The van der Waals surface area contributed by atoms with Gasteiger partial charge in [0.05, 0.1) is 23.8 Å². The van der Waals surface area contributed by atoms with E-state index in [0.29, 0.717) is 24.5 Å². The van der Waals surface area contributed by atoms with Crippen molar-refractivity contribution in [3.05, 3.63) is 35.8 Å². The number of aromatic nitrogens is 8. The van der Waals surface area contributed by atoms with Gasteiger partial charge in [0.15, 0.2) is 5.82 Å². The largest absolute Gasteiger partial charge is 0.348 e. The highest BCUT2D eigenvalue weighted by Gasteiger charge is 2.46. The van der Waals surface area contributed by atoms with E-state index in [1.165, 1.54) is 22.9 Å². The molecule has 0 radical (unpaired) electrons. The number of likely N-dealkylation sites (tertiary alicyclic amines) is 1. The van der Waals surface area contributed by atoms with Crippen molar-refractivity contribution < 1.29 is 4.79 Å². The number of likely N-dealkylation sites (N-methyl/N-ethyl adjacent to an activating group) is 1. The van der Waals surface area contributed by atoms with Crippen LogP contribution in [0.15, 0.2) is 18.9 Å². The summed E-state index contributed by atoms with van der Waals surface area (Å²) in [5, 5.41) is 17.9. The van der Waals surface area contributed by atoms with Crippen LogP contribution in [0.2, 0.25) is 0 Å². The van der Waals surface area contributed by atoms with Crippen molar-refractivity contribution in [2.24, 2.45) is 0 Å². The van der Waals surface area contributed by atoms with Gasteiger partial charge in [-0.05, 0) is 29.8 Å². The molecule has 11 nitrogen and oxygen atoms in total. The van der Waals surface area contributed by atoms with Crippen molar-refractivity contribution in [2.45, 2.75) is 31.7 Å². The topological polar surface area (TPSA) is 125 Å². The van der Waals surface area contributed by atoms with E-state index in [-0.39, 0.29) is 11.4 Å². The molecule has 1 fully saturated rings. The summed E-state index contributed by atoms with van der Waals surface area (Å²) in [6, 6.07) is 0. The molecular formula is C17H22N10O. The number of nitrogens with zero attached hydrogens (tertiary/aromatic N) is 8. The molecule has 2 N–H and O–H groups in total. The maximum absolute atomic E-state index is 13.1. The van der Waals surface area contributed by atoms with E-state index >= 15 is 0 Å². The Morgan fingerprint density at radius 1 is 1.29 bits per heavy atom. The lowest BCUT2D eigenvalue weighted by Crippen LogP contribution is -2.57. The van der Waals surface area contributed by atoms with Gasteiger partial charge >= 0.3 is 0 Å². The lowest BCUT2D eigenvalue weighted by Gasteiger charge is -2.50. The first-order valence-corrected chi connectivity index (χ1v) is 9.56. The molecule has 0 bridgehead atoms. The van der Waals surface area contributed by atoms with E-state index in [1.54, 1.807) is 6.33 Å². The molecule has 3 aromatic rings. The molecule has 2 aliphatic heterocycles. The number of fused-ring (bicyclic) bond motifs is 2. The number of amides is 1. The first-order chi connectivity index (χ1) is 13.7. The van der Waals surface area contributed by atoms with Gasteiger partial charge in [-0.15, -0.1) is 5.10 Å². The van der Waals surface area contributed by atoms with E-state index in [4.69, 9.17) is 0 Å². The molecule has 0 saturated carbocycles. The Balaban J connectivity index is 1.38. The minimum Gasteiger partial charge on any atom is -0.348 e. The second-order valence-corrected chi connectivity index (χ2v) is 7.27. The van der Waals surface area contributed by atoms with Crippen molar-refractivity contribution in [3.8, 4) is 5.82 Å². The molecule has 0 atom stereocenters. The molecule has 0 unspecified atom stereocenters. The minimum absolute atomic E-state index is 0.0600. The van der Waals surface area contributed by atoms with Gasteiger partial charge in [0.25, 0.3) is 5.91 Å². The van der Waals surface area contributed by atoms with Crippen molar-refractivity contribution in [1.82, 2.24) is 50.2 Å². The van der Waals surface area contributed by atoms with E-state index < -0.39 is 0 Å². The Kier molecular flexibility index (Phi) is 3.97. The first kappa shape index (κ1) is 17.0. The predicted molar refractivity (Wildman–Crippen MR) is 97.7 cm³/mol. The fraction of sp³-hybridized carbons (Fsp3) is 0.529. The summed E-state index contributed by atoms with van der Waals surface area (Å²) in [6.45, 7) is 5.53. The number of carbonyl (C=O) groups is 1. The number of nitrogens with one attached hydrogen (secondary N) is 2. The van der Waals surface area contributed by atoms with Gasteiger partial charge in [0.1, 0.15) is 11.9 Å². The summed E-state index contributed by atoms with van der Waals surface area (Å²) in [6.07, 6.45) is 7.50. The molecule has 11 heteroatoms. The average molecular weight is 382 g/mol. The monoisotopic (exact) mass is 382 g/mol. The molecule has 3 aromatic heterocycles. The zero-order valence-corrected chi connectivity index (χ0v) is 15.7. The molecule has 28 heavy (non-hydrogen) atoms. The minimum atomic E-state index is -0.0891. The molecule has 5 heterocycles. The first-order valence-electron chi connectivity index (χ1n) is 9.56. The zero-order chi connectivity index (χ0) is 19.1. The predicted octanol–water partition coefficient (Wildman–Crippen LogP) is 0.118. The van der Waals surface area contributed by atoms with Crippen LogP contribution < -0.4 is 0 Å². The van der Waals surface area contributed by atoms with Gasteiger partial charge in [-0.1, -0.05) is 6.92 Å². The summed E-state index contributed by atoms with van der Waals surface area (Å²) in [5.41, 5.74) is 2.78. The molecule has 1 amide bonds. The van der Waals surface area contributed by atoms with Gasteiger partial charge in [0.2, 0.25) is 0 Å². The van der Waals surface area contributed by atoms with E-state index in [1.807, 2.05) is 4.90 Å². The van der Waals surface area contributed by atoms with Crippen LogP contribution >= 0.6 is 0 Å². The maximum atomic E-state index is 13.1. The lowest BCUT2D eigenvalue weighted by molar-refractivity contribution is 0.0103. The molecule has 0 aliphatic carbocycles. The molecule has 2 aliphatic rings. The van der Waals surface area contributed by atoms with Crippen molar-refractivity contribution in [1.29, 1.82) is 0 Å². The molecular weight excluding hydrogens is 360 g/mol. The van der Waals surface area contributed by atoms with E-state index in [9.17, 15) is 4.79 Å². The summed E-state index contributed by atoms with van der Waals surface area (Å²) in [4.78, 5) is 25.5. The number of hydrogen-bond donors (Lipinski definition) is 2. The van der Waals surface area contributed by atoms with Crippen LogP contribution in [0.25, 0.3) is 5.82 Å². The quantitative estimate of drug-likeness (QED) is 0.659. The number of piperidine rings is 1. The molecule has 1 saturated heterocycles. The third-order valence-electron chi connectivity index (χ3n) is 6.08. The third kappa shape index (κ3) is 2.46. The van der Waals surface area contributed by atoms with Crippen molar-refractivity contribution >= 4 is 5.91 Å². The SMILES string of the molecule is CCN1CCc2[nH]cnc2C12CCN(C(=O)c1cn[nH]c1-n1cnnn1)CC2. The van der Waals surface area contributed by atoms with Crippen LogP contribution in [-0.4, -0.2) is 82.3 Å². The lowest BCUT2D eigenvalue weighted by atomic mass is 9.78. The van der Waals surface area contributed by atoms with Gasteiger partial charge in [-0.3, -0.25) is 14.8 Å². The Morgan fingerprint density at radius 2 is 2.14 bits per heavy atom. The highest BCUT2D eigenvalue weighted by molar-refractivity contribution is 5.97. The number of imidazole rings is 1. The van der Waals surface area contributed by atoms with Crippen LogP contribution in [0, 0.1) is 0 Å². The highest BCUT2D eigenvalue weighted by atomic mass is 16.2. The molecule has 0 aromatic carbocycles. The number of carbonyl (C=O) groups excluding carboxylic acids is 1. The molecule has 1 spiro atoms. The summed E-state index contributed by atoms with van der Waals surface area (Å²) in [5.74, 6) is 0.424. The zero-order valence-electron chi connectivity index (χ0n) is 15.7. The van der Waals surface area contributed by atoms with Crippen LogP contribution in [-0.2, 0) is 12.0 Å². The fourth-order valence-electron chi connectivity index (χ4n) is 4.66. The number of hydrogen-bond acceptors (Lipinski definition) is 7. The van der Waals surface area contributed by atoms with Gasteiger partial charge in [-0.2, -0.15) is 9.78 Å². The second kappa shape index (κ2) is 6.51. The summed E-state index contributed by atoms with van der Waals surface area (Å²) < 4.78 is 1.42. The number of H-pyrrole nitrogens is 2. The summed E-state index contributed by atoms with van der Waals surface area (Å²) >= 11 is 0. The van der Waals surface area contributed by atoms with Crippen LogP contribution in [0.3, 0.4) is 0 Å². The van der Waals surface area contributed by atoms with Crippen LogP contribution in [0.4, 0.5) is 0 Å². The highest BCUT2D eigenvalue weighted by Crippen LogP contribution is 2.42. The molecule has 146 valence electrons. The second-order valence-electron chi connectivity index (χ2n) is 7.27. The Hall–Kier alpha value is -3.08. The number of tetrazole rings is 1. The van der Waals surface area contributed by atoms with Crippen molar-refractivity contribution in [3.63, 3.8) is 0 Å². The van der Waals surface area contributed by atoms with Crippen LogP contribution in [0.5, 0.6) is 0 Å². The van der Waals surface area contributed by atoms with E-state index in [0.717, 1.165) is 38.0 Å². The third-order valence-corrected chi connectivity index (χ3v) is 6.08. The van der Waals surface area contributed by atoms with Gasteiger partial charge in [0, 0.05) is 31.7 Å². The smallest absolute Gasteiger partial charge is 0.259 e. The average Bonchev–Trinajstić information content (AvgIpc) is 3.49. The number of rotatable bonds is 3. The van der Waals surface area contributed by atoms with E-state index in [2.05, 4.69) is 47.5 Å². The normalized spacial score (nSPS) is 19.1. The van der Waals surface area contributed by atoms with Crippen molar-refractivity contribution in [2.75, 3.05) is 26.2 Å². The molecule has 5 rings (SSSR count). The standard InChI is InChI=1S/C17H22N10O/c1-2-26-6-3-13-14(19-10-18-13)17(26)4-7-25(8-5-17)16(28)12-9-20-22-15(12)27-11-21-23-24-27/h9-11H,2-8H2,1H3,(H,18,19)(H,20,22). The Labute approximate surface area is 161 Å². The Morgan fingerprint density at radius 3 is 2.89 bits per heavy atom. The Bertz CT molecular complexity index is 966. The van der Waals surface area contributed by atoms with Gasteiger partial charge < -0.3 is 9.88 Å². The van der Waals surface area contributed by atoms with Crippen LogP contribution in [0.1, 0.15) is 41.5 Å². The number of aromatic amines is 2. The maximum Gasteiger partial charge on any atom is 0.259 e. The summed E-state index contributed by atoms with van der Waals surface area (Å²) in [7, 11) is 0.